The molecule has 0 aliphatic heterocycles. The van der Waals surface area contributed by atoms with E-state index in [1.54, 1.807) is 24.4 Å². The van der Waals surface area contributed by atoms with Crippen LogP contribution in [0, 0.1) is 5.92 Å². The molecule has 0 bridgehead atoms. The standard InChI is InChI=1S/C21H29N3O2.Co/c1-24(14-6-12-22-16-18-8-2-4-10-20(18)25)15-7-13-23-17-19-9-3-5-11-21(19)26;/h2-5,8-11,16-18,20,23,25H,6-7,12-15H2,1H3;/b19-17+,22-16?;. The van der Waals surface area contributed by atoms with Crippen LogP contribution in [0.2, 0.25) is 0 Å². The Kier molecular flexibility index (Phi) is 11.6. The number of carbonyl (C=O) groups excluding carboxylic acids is 1. The van der Waals surface area contributed by atoms with Crippen LogP contribution in [0.25, 0.3) is 0 Å². The average molecular weight is 414 g/mol. The van der Waals surface area contributed by atoms with Gasteiger partial charge in [-0.05, 0) is 45.1 Å². The number of aliphatic imine (C=N–C) groups is 1. The second-order valence-electron chi connectivity index (χ2n) is 6.54. The minimum Gasteiger partial charge on any atom is -0.390 e. The molecule has 0 aromatic rings. The number of rotatable bonds is 10. The molecular weight excluding hydrogens is 385 g/mol. The molecule has 0 aromatic heterocycles. The van der Waals surface area contributed by atoms with Crippen LogP contribution in [0.3, 0.4) is 0 Å². The van der Waals surface area contributed by atoms with Gasteiger partial charge in [0.05, 0.1) is 6.10 Å². The number of nitrogens with one attached hydrogen (secondary N) is 1. The third kappa shape index (κ3) is 9.15. The van der Waals surface area contributed by atoms with Gasteiger partial charge in [0.2, 0.25) is 0 Å². The zero-order valence-corrected chi connectivity index (χ0v) is 16.8. The second-order valence-corrected chi connectivity index (χ2v) is 6.54. The maximum Gasteiger partial charge on any atom is 0.187 e. The van der Waals surface area contributed by atoms with Gasteiger partial charge in [-0.25, -0.2) is 0 Å². The number of nitrogens with zero attached hydrogens (tertiary/aromatic N) is 2. The fourth-order valence-electron chi connectivity index (χ4n) is 2.72. The van der Waals surface area contributed by atoms with Crippen molar-refractivity contribution < 1.29 is 26.7 Å². The van der Waals surface area contributed by atoms with Crippen molar-refractivity contribution in [1.29, 1.82) is 0 Å². The van der Waals surface area contributed by atoms with Crippen molar-refractivity contribution in [3.05, 3.63) is 60.4 Å². The number of hydrogen-bond acceptors (Lipinski definition) is 5. The first kappa shape index (κ1) is 23.3. The summed E-state index contributed by atoms with van der Waals surface area (Å²) < 4.78 is 0. The Hall–Kier alpha value is -1.73. The van der Waals surface area contributed by atoms with Crippen molar-refractivity contribution in [2.45, 2.75) is 18.9 Å². The van der Waals surface area contributed by atoms with Crippen LogP contribution in [-0.2, 0) is 21.6 Å². The van der Waals surface area contributed by atoms with E-state index < -0.39 is 6.10 Å². The van der Waals surface area contributed by atoms with E-state index in [9.17, 15) is 9.90 Å². The van der Waals surface area contributed by atoms with Gasteiger partial charge in [0.15, 0.2) is 5.78 Å². The Labute approximate surface area is 172 Å². The Bertz CT molecular complexity index is 635. The van der Waals surface area contributed by atoms with Gasteiger partial charge in [0, 0.05) is 53.8 Å². The average Bonchev–Trinajstić information content (AvgIpc) is 2.64. The molecule has 2 aliphatic rings. The molecule has 27 heavy (non-hydrogen) atoms. The van der Waals surface area contributed by atoms with Crippen molar-refractivity contribution >= 4 is 12.0 Å². The molecule has 0 saturated carbocycles. The number of carbonyl (C=O) groups is 1. The summed E-state index contributed by atoms with van der Waals surface area (Å²) in [5.74, 6) is 0.0456. The molecule has 0 heterocycles. The van der Waals surface area contributed by atoms with Gasteiger partial charge in [-0.3, -0.25) is 9.79 Å². The molecule has 2 rings (SSSR count). The predicted octanol–water partition coefficient (Wildman–Crippen LogP) is 2.04. The zero-order valence-electron chi connectivity index (χ0n) is 15.8. The van der Waals surface area contributed by atoms with Gasteiger partial charge in [0.1, 0.15) is 0 Å². The smallest absolute Gasteiger partial charge is 0.187 e. The Morgan fingerprint density at radius 2 is 1.89 bits per heavy atom. The SMILES string of the molecule is CN(CCCN=CC1C=CC=CC1O)CCCN/C=C1\C=CC=CC1=O.[Co]. The first-order valence-electron chi connectivity index (χ1n) is 9.21. The number of aliphatic hydroxyl groups excluding tert-OH is 1. The maximum atomic E-state index is 11.6. The first-order chi connectivity index (χ1) is 12.7. The molecular formula is C21H29CoN3O2. The summed E-state index contributed by atoms with van der Waals surface area (Å²) in [6.45, 7) is 3.61. The summed E-state index contributed by atoms with van der Waals surface area (Å²) in [6.07, 6.45) is 19.8. The fourth-order valence-corrected chi connectivity index (χ4v) is 2.72. The molecule has 0 spiro atoms. The van der Waals surface area contributed by atoms with E-state index in [1.165, 1.54) is 0 Å². The summed E-state index contributed by atoms with van der Waals surface area (Å²) in [4.78, 5) is 18.3. The fraction of sp³-hybridized carbons (Fsp3) is 0.429. The summed E-state index contributed by atoms with van der Waals surface area (Å²) in [6, 6.07) is 0. The summed E-state index contributed by atoms with van der Waals surface area (Å²) >= 11 is 0. The Morgan fingerprint density at radius 1 is 1.15 bits per heavy atom. The normalized spacial score (nSPS) is 22.8. The molecule has 2 atom stereocenters. The molecule has 0 saturated heterocycles. The van der Waals surface area contributed by atoms with Gasteiger partial charge in [0.25, 0.3) is 0 Å². The molecule has 5 nitrogen and oxygen atoms in total. The van der Waals surface area contributed by atoms with E-state index in [0.717, 1.165) is 39.0 Å². The quantitative estimate of drug-likeness (QED) is 0.326. The van der Waals surface area contributed by atoms with Crippen LogP contribution in [0.5, 0.6) is 0 Å². The van der Waals surface area contributed by atoms with E-state index in [2.05, 4.69) is 22.3 Å². The molecule has 1 radical (unpaired) electrons. The first-order valence-corrected chi connectivity index (χ1v) is 9.21. The number of ketones is 1. The van der Waals surface area contributed by atoms with E-state index in [0.29, 0.717) is 5.57 Å². The van der Waals surface area contributed by atoms with E-state index in [-0.39, 0.29) is 28.5 Å². The molecule has 2 aliphatic carbocycles. The van der Waals surface area contributed by atoms with Crippen molar-refractivity contribution in [2.24, 2.45) is 10.9 Å². The monoisotopic (exact) mass is 414 g/mol. The van der Waals surface area contributed by atoms with Crippen LogP contribution in [0.1, 0.15) is 12.8 Å². The summed E-state index contributed by atoms with van der Waals surface area (Å²) in [7, 11) is 2.11. The van der Waals surface area contributed by atoms with Gasteiger partial charge in [-0.15, -0.1) is 0 Å². The molecule has 2 unspecified atom stereocenters. The number of aliphatic hydroxyl groups is 1. The van der Waals surface area contributed by atoms with E-state index >= 15 is 0 Å². The van der Waals surface area contributed by atoms with Gasteiger partial charge in [-0.1, -0.05) is 36.5 Å². The largest absolute Gasteiger partial charge is 0.390 e. The van der Waals surface area contributed by atoms with E-state index in [4.69, 9.17) is 0 Å². The predicted molar refractivity (Wildman–Crippen MR) is 107 cm³/mol. The van der Waals surface area contributed by atoms with Gasteiger partial charge < -0.3 is 15.3 Å². The topological polar surface area (TPSA) is 64.9 Å². The third-order valence-corrected chi connectivity index (χ3v) is 4.29. The summed E-state index contributed by atoms with van der Waals surface area (Å²) in [5, 5.41) is 13.0. The number of allylic oxidation sites excluding steroid dienone is 7. The van der Waals surface area contributed by atoms with Crippen LogP contribution >= 0.6 is 0 Å². The van der Waals surface area contributed by atoms with Gasteiger partial charge in [-0.2, -0.15) is 0 Å². The minimum absolute atomic E-state index is 0. The molecule has 0 fully saturated rings. The number of hydrogen-bond donors (Lipinski definition) is 2. The molecule has 0 aromatic carbocycles. The zero-order chi connectivity index (χ0) is 18.6. The Balaban J connectivity index is 0.00000364. The van der Waals surface area contributed by atoms with Crippen molar-refractivity contribution in [1.82, 2.24) is 10.2 Å². The third-order valence-electron chi connectivity index (χ3n) is 4.29. The molecule has 6 heteroatoms. The molecule has 2 N–H and O–H groups in total. The summed E-state index contributed by atoms with van der Waals surface area (Å²) in [5.41, 5.74) is 0.701. The van der Waals surface area contributed by atoms with Crippen LogP contribution < -0.4 is 5.32 Å². The van der Waals surface area contributed by atoms with E-state index in [1.807, 2.05) is 36.6 Å². The Morgan fingerprint density at radius 3 is 2.67 bits per heavy atom. The van der Waals surface area contributed by atoms with Crippen LogP contribution in [-0.4, -0.2) is 61.3 Å². The van der Waals surface area contributed by atoms with Crippen molar-refractivity contribution in [3.63, 3.8) is 0 Å². The molecule has 149 valence electrons. The maximum absolute atomic E-state index is 11.6. The molecule has 0 amide bonds. The minimum atomic E-state index is -0.454. The van der Waals surface area contributed by atoms with Gasteiger partial charge >= 0.3 is 0 Å². The second kappa shape index (κ2) is 13.4. The van der Waals surface area contributed by atoms with Crippen molar-refractivity contribution in [2.75, 3.05) is 33.2 Å². The van der Waals surface area contributed by atoms with Crippen molar-refractivity contribution in [3.8, 4) is 0 Å². The van der Waals surface area contributed by atoms with Crippen LogP contribution in [0.4, 0.5) is 0 Å². The van der Waals surface area contributed by atoms with Crippen LogP contribution in [0.15, 0.2) is 65.4 Å².